The van der Waals surface area contributed by atoms with Gasteiger partial charge in [-0.15, -0.1) is 0 Å². The number of hydrogen-bond donors (Lipinski definition) is 1. The van der Waals surface area contributed by atoms with Gasteiger partial charge < -0.3 is 14.6 Å². The van der Waals surface area contributed by atoms with Crippen molar-refractivity contribution in [2.45, 2.75) is 32.9 Å². The molecule has 0 spiro atoms. The Morgan fingerprint density at radius 3 is 2.88 bits per heavy atom. The van der Waals surface area contributed by atoms with Crippen molar-refractivity contribution in [2.75, 3.05) is 25.0 Å². The van der Waals surface area contributed by atoms with Crippen molar-refractivity contribution in [2.24, 2.45) is 7.05 Å². The maximum Gasteiger partial charge on any atom is 0.294 e. The van der Waals surface area contributed by atoms with Gasteiger partial charge in [0.05, 0.1) is 11.8 Å². The summed E-state index contributed by atoms with van der Waals surface area (Å²) in [6.45, 7) is 5.93. The fourth-order valence-corrected chi connectivity index (χ4v) is 3.88. The molecule has 1 aliphatic heterocycles. The lowest BCUT2D eigenvalue weighted by molar-refractivity contribution is 0.0979. The third kappa shape index (κ3) is 3.56. The molecule has 1 aromatic carbocycles. The second-order valence-electron chi connectivity index (χ2n) is 6.97. The molecule has 0 radical (unpaired) electrons. The average Bonchev–Trinajstić information content (AvgIpc) is 2.92. The number of aliphatic hydroxyl groups is 1. The Labute approximate surface area is 162 Å². The monoisotopic (exact) mass is 420 g/mol. The molecule has 0 saturated carbocycles. The van der Waals surface area contributed by atoms with Crippen LogP contribution in [0.15, 0.2) is 22.7 Å². The van der Waals surface area contributed by atoms with E-state index in [1.807, 2.05) is 36.7 Å². The summed E-state index contributed by atoms with van der Waals surface area (Å²) in [5, 5.41) is 9.62. The zero-order valence-electron chi connectivity index (χ0n) is 15.7. The number of aliphatic hydroxyl groups excluding tert-OH is 1. The number of carbonyl (C=O) groups is 1. The van der Waals surface area contributed by atoms with E-state index in [0.717, 1.165) is 40.1 Å². The molecule has 0 aliphatic carbocycles. The van der Waals surface area contributed by atoms with E-state index in [1.165, 1.54) is 0 Å². The van der Waals surface area contributed by atoms with Gasteiger partial charge in [-0.3, -0.25) is 9.69 Å². The van der Waals surface area contributed by atoms with E-state index in [1.54, 1.807) is 18.9 Å². The van der Waals surface area contributed by atoms with Gasteiger partial charge in [0.2, 0.25) is 0 Å². The lowest BCUT2D eigenvalue weighted by Crippen LogP contribution is -2.36. The quantitative estimate of drug-likeness (QED) is 0.824. The number of fused-ring (bicyclic) bond motifs is 1. The fourth-order valence-electron chi connectivity index (χ4n) is 3.52. The van der Waals surface area contributed by atoms with E-state index in [2.05, 4.69) is 25.8 Å². The van der Waals surface area contributed by atoms with Crippen LogP contribution in [0.1, 0.15) is 34.5 Å². The number of aromatic nitrogens is 2. The van der Waals surface area contributed by atoms with Crippen molar-refractivity contribution in [3.05, 3.63) is 45.4 Å². The van der Waals surface area contributed by atoms with E-state index in [0.29, 0.717) is 18.9 Å². The molecule has 1 unspecified atom stereocenters. The average molecular weight is 421 g/mol. The van der Waals surface area contributed by atoms with Crippen LogP contribution < -0.4 is 4.90 Å². The number of hydrogen-bond acceptors (Lipinski definition) is 4. The molecular formula is C19H25BrN4O2. The van der Waals surface area contributed by atoms with Gasteiger partial charge in [-0.2, -0.15) is 0 Å². The molecular weight excluding hydrogens is 396 g/mol. The Bertz CT molecular complexity index is 831. The van der Waals surface area contributed by atoms with E-state index in [4.69, 9.17) is 0 Å². The highest BCUT2D eigenvalue weighted by Gasteiger charge is 2.27. The number of nitrogens with zero attached hydrogens (tertiary/aromatic N) is 4. The summed E-state index contributed by atoms with van der Waals surface area (Å²) in [6, 6.07) is 5.83. The second-order valence-corrected chi connectivity index (χ2v) is 7.82. The van der Waals surface area contributed by atoms with Gasteiger partial charge in [-0.25, -0.2) is 4.98 Å². The van der Waals surface area contributed by atoms with Crippen LogP contribution in [0.2, 0.25) is 0 Å². The first-order chi connectivity index (χ1) is 12.3. The highest BCUT2D eigenvalue weighted by Crippen LogP contribution is 2.28. The predicted octanol–water partition coefficient (Wildman–Crippen LogP) is 2.51. The van der Waals surface area contributed by atoms with Crippen LogP contribution in [0.4, 0.5) is 5.69 Å². The Morgan fingerprint density at radius 1 is 1.46 bits per heavy atom. The number of rotatable bonds is 4. The Balaban J connectivity index is 1.87. The molecule has 0 saturated heterocycles. The molecule has 1 aromatic heterocycles. The maximum absolute atomic E-state index is 13.1. The summed E-state index contributed by atoms with van der Waals surface area (Å²) in [6.07, 6.45) is 0.463. The summed E-state index contributed by atoms with van der Waals surface area (Å²) in [5.41, 5.74) is 3.92. The van der Waals surface area contributed by atoms with Gasteiger partial charge in [0.1, 0.15) is 0 Å². The van der Waals surface area contributed by atoms with E-state index < -0.39 is 0 Å². The van der Waals surface area contributed by atoms with Gasteiger partial charge in [0.25, 0.3) is 5.91 Å². The molecule has 2 heterocycles. The van der Waals surface area contributed by atoms with Crippen LogP contribution in [0.3, 0.4) is 0 Å². The Hall–Kier alpha value is -1.70. The van der Waals surface area contributed by atoms with Crippen LogP contribution >= 0.6 is 15.9 Å². The molecule has 2 aromatic rings. The molecule has 1 amide bonds. The molecule has 1 atom stereocenters. The van der Waals surface area contributed by atoms with Crippen LogP contribution in [0.25, 0.3) is 0 Å². The number of carbonyl (C=O) groups excluding carboxylic acids is 1. The normalized spacial score (nSPS) is 15.6. The minimum Gasteiger partial charge on any atom is -0.392 e. The van der Waals surface area contributed by atoms with Crippen LogP contribution in [0, 0.1) is 6.92 Å². The third-order valence-corrected chi connectivity index (χ3v) is 5.81. The fraction of sp³-hybridized carbons (Fsp3) is 0.474. The van der Waals surface area contributed by atoms with Gasteiger partial charge in [-0.1, -0.05) is 22.0 Å². The van der Waals surface area contributed by atoms with E-state index >= 15 is 0 Å². The van der Waals surface area contributed by atoms with Crippen molar-refractivity contribution in [3.8, 4) is 0 Å². The second kappa shape index (κ2) is 7.50. The maximum atomic E-state index is 13.1. The van der Waals surface area contributed by atoms with Gasteiger partial charge in [0, 0.05) is 56.0 Å². The molecule has 7 heteroatoms. The summed E-state index contributed by atoms with van der Waals surface area (Å²) in [5.74, 6) is 0.334. The van der Waals surface area contributed by atoms with Crippen LogP contribution in [-0.4, -0.2) is 51.7 Å². The summed E-state index contributed by atoms with van der Waals surface area (Å²) >= 11 is 3.52. The number of amides is 1. The topological polar surface area (TPSA) is 61.6 Å². The molecule has 1 N–H and O–H groups in total. The van der Waals surface area contributed by atoms with Crippen molar-refractivity contribution in [3.63, 3.8) is 0 Å². The lowest BCUT2D eigenvalue weighted by Gasteiger charge is -2.27. The predicted molar refractivity (Wildman–Crippen MR) is 105 cm³/mol. The van der Waals surface area contributed by atoms with E-state index in [9.17, 15) is 9.90 Å². The lowest BCUT2D eigenvalue weighted by atomic mass is 10.1. The molecule has 26 heavy (non-hydrogen) atoms. The molecule has 1 aliphatic rings. The first-order valence-electron chi connectivity index (χ1n) is 8.77. The van der Waals surface area contributed by atoms with Crippen LogP contribution in [-0.2, 0) is 20.0 Å². The number of anilines is 1. The first-order valence-corrected chi connectivity index (χ1v) is 9.57. The van der Waals surface area contributed by atoms with E-state index in [-0.39, 0.29) is 12.0 Å². The highest BCUT2D eigenvalue weighted by molar-refractivity contribution is 9.10. The molecule has 6 nitrogen and oxygen atoms in total. The third-order valence-electron chi connectivity index (χ3n) is 4.95. The Morgan fingerprint density at radius 2 is 2.19 bits per heavy atom. The molecule has 140 valence electrons. The smallest absolute Gasteiger partial charge is 0.294 e. The number of imidazole rings is 1. The van der Waals surface area contributed by atoms with Gasteiger partial charge in [-0.05, 0) is 31.5 Å². The van der Waals surface area contributed by atoms with Crippen molar-refractivity contribution >= 4 is 27.5 Å². The standard InChI is InChI=1S/C19H25BrN4O2/c1-12(25)10-24-9-8-17-15(11-24)21-18(22(17)3)19(26)23(4)16-7-5-6-14(20)13(16)2/h5-7,12,25H,8-11H2,1-4H3. The van der Waals surface area contributed by atoms with Crippen molar-refractivity contribution in [1.82, 2.24) is 14.5 Å². The van der Waals surface area contributed by atoms with Crippen molar-refractivity contribution < 1.29 is 9.90 Å². The number of halogens is 1. The zero-order chi connectivity index (χ0) is 19.0. The van der Waals surface area contributed by atoms with Crippen LogP contribution in [0.5, 0.6) is 0 Å². The molecule has 0 bridgehead atoms. The van der Waals surface area contributed by atoms with Gasteiger partial charge >= 0.3 is 0 Å². The molecule has 0 fully saturated rings. The molecule has 3 rings (SSSR count). The van der Waals surface area contributed by atoms with Gasteiger partial charge in [0.15, 0.2) is 5.82 Å². The summed E-state index contributed by atoms with van der Waals surface area (Å²) < 4.78 is 2.89. The number of β-amino-alcohol motifs (C(OH)–C–C–N with tert-alkyl or cyclic N) is 1. The highest BCUT2D eigenvalue weighted by atomic mass is 79.9. The summed E-state index contributed by atoms with van der Waals surface area (Å²) in [7, 11) is 3.69. The van der Waals surface area contributed by atoms with Crippen molar-refractivity contribution in [1.29, 1.82) is 0 Å². The summed E-state index contributed by atoms with van der Waals surface area (Å²) in [4.78, 5) is 21.6. The minimum absolute atomic E-state index is 0.120. The SMILES string of the molecule is Cc1c(Br)cccc1N(C)C(=O)c1nc2c(n1C)CCN(CC(C)O)C2. The number of benzene rings is 1. The largest absolute Gasteiger partial charge is 0.392 e. The first kappa shape index (κ1) is 19.1. The minimum atomic E-state index is -0.369. The Kier molecular flexibility index (Phi) is 5.50. The zero-order valence-corrected chi connectivity index (χ0v) is 17.2.